The normalized spacial score (nSPS) is 9.31. The molecule has 0 spiro atoms. The van der Waals surface area contributed by atoms with Gasteiger partial charge in [0.25, 0.3) is 10.2 Å². The number of carbonyl (C=O) groups is 1. The van der Waals surface area contributed by atoms with Gasteiger partial charge in [-0.15, -0.1) is 20.2 Å². The van der Waals surface area contributed by atoms with Crippen LogP contribution in [0.5, 0.6) is 0 Å². The van der Waals surface area contributed by atoms with Crippen molar-refractivity contribution < 1.29 is 29.4 Å². The Morgan fingerprint density at radius 1 is 1.25 bits per heavy atom. The van der Waals surface area contributed by atoms with Crippen molar-refractivity contribution in [1.82, 2.24) is 0 Å². The Balaban J connectivity index is 4.14. The molecule has 16 heavy (non-hydrogen) atoms. The first-order valence-electron chi connectivity index (χ1n) is 3.83. The lowest BCUT2D eigenvalue weighted by Gasteiger charge is -2.14. The van der Waals surface area contributed by atoms with E-state index >= 15 is 0 Å². The number of hydrogen-bond acceptors (Lipinski definition) is 8. The summed E-state index contributed by atoms with van der Waals surface area (Å²) in [5.74, 6) is -0.899. The molecule has 0 saturated heterocycles. The minimum atomic E-state index is -1.26. The van der Waals surface area contributed by atoms with Gasteiger partial charge in [-0.3, -0.25) is 0 Å². The molecule has 0 aromatic heterocycles. The molecule has 0 amide bonds. The molecule has 0 aliphatic heterocycles. The van der Waals surface area contributed by atoms with E-state index < -0.39 is 35.5 Å². The maximum atomic E-state index is 10.7. The summed E-state index contributed by atoms with van der Waals surface area (Å²) in [6, 6.07) is 0. The Hall–Kier alpha value is -2.39. The lowest BCUT2D eigenvalue weighted by Crippen LogP contribution is -2.30. The second kappa shape index (κ2) is 6.98. The second-order valence-corrected chi connectivity index (χ2v) is 2.30. The fourth-order valence-electron chi connectivity index (χ4n) is 0.617. The lowest BCUT2D eigenvalue weighted by atomic mass is 10.4. The smallest absolute Gasteiger partial charge is 0.330 e. The fourth-order valence-corrected chi connectivity index (χ4v) is 0.617. The maximum absolute atomic E-state index is 10.7. The molecule has 0 aromatic carbocycles. The van der Waals surface area contributed by atoms with Crippen molar-refractivity contribution in [2.45, 2.75) is 6.10 Å². The number of nitrogens with zero attached hydrogens (tertiary/aromatic N) is 2. The van der Waals surface area contributed by atoms with E-state index in [4.69, 9.17) is 0 Å². The Bertz CT molecular complexity index is 272. The highest BCUT2D eigenvalue weighted by atomic mass is 17.0. The molecule has 0 rings (SSSR count). The third kappa shape index (κ3) is 7.06. The van der Waals surface area contributed by atoms with Crippen LogP contribution in [-0.2, 0) is 19.2 Å². The van der Waals surface area contributed by atoms with Crippen LogP contribution in [0.4, 0.5) is 0 Å². The van der Waals surface area contributed by atoms with Crippen LogP contribution >= 0.6 is 0 Å². The molecule has 0 aromatic rings. The van der Waals surface area contributed by atoms with Crippen molar-refractivity contribution in [1.29, 1.82) is 0 Å². The van der Waals surface area contributed by atoms with Gasteiger partial charge in [0, 0.05) is 6.08 Å². The van der Waals surface area contributed by atoms with Crippen molar-refractivity contribution in [3.05, 3.63) is 32.9 Å². The number of rotatable bonds is 8. The van der Waals surface area contributed by atoms with Gasteiger partial charge in [-0.05, 0) is 0 Å². The Morgan fingerprint density at radius 2 is 1.69 bits per heavy atom. The SMILES string of the molecule is C=CC(=O)OC(CO[N+](=O)[O-])CO[N+](=O)[O-]. The van der Waals surface area contributed by atoms with E-state index in [1.165, 1.54) is 0 Å². The Morgan fingerprint density at radius 3 is 2.00 bits per heavy atom. The number of hydrogen-bond donors (Lipinski definition) is 0. The first-order chi connectivity index (χ1) is 7.45. The predicted octanol–water partition coefficient (Wildman–Crippen LogP) is -0.499. The molecule has 0 bridgehead atoms. The highest BCUT2D eigenvalue weighted by molar-refractivity contribution is 5.81. The molecule has 0 aliphatic rings. The monoisotopic (exact) mass is 236 g/mol. The van der Waals surface area contributed by atoms with E-state index in [1.54, 1.807) is 0 Å². The quantitative estimate of drug-likeness (QED) is 0.238. The van der Waals surface area contributed by atoms with Gasteiger partial charge in [-0.2, -0.15) is 0 Å². The summed E-state index contributed by atoms with van der Waals surface area (Å²) in [7, 11) is 0. The van der Waals surface area contributed by atoms with Gasteiger partial charge in [-0.1, -0.05) is 6.58 Å². The Kier molecular flexibility index (Phi) is 5.93. The number of esters is 1. The molecule has 90 valence electrons. The highest BCUT2D eigenvalue weighted by Gasteiger charge is 2.16. The van der Waals surface area contributed by atoms with E-state index in [0.29, 0.717) is 0 Å². The summed E-state index contributed by atoms with van der Waals surface area (Å²) in [5.41, 5.74) is 0. The van der Waals surface area contributed by atoms with Crippen molar-refractivity contribution in [2.24, 2.45) is 0 Å². The van der Waals surface area contributed by atoms with Crippen LogP contribution in [0.1, 0.15) is 0 Å². The molecule has 0 aliphatic carbocycles. The fraction of sp³-hybridized carbons (Fsp3) is 0.500. The molecule has 0 radical (unpaired) electrons. The molecule has 0 heterocycles. The number of ether oxygens (including phenoxy) is 1. The van der Waals surface area contributed by atoms with Gasteiger partial charge >= 0.3 is 5.97 Å². The van der Waals surface area contributed by atoms with Gasteiger partial charge in [-0.25, -0.2) is 4.79 Å². The average molecular weight is 236 g/mol. The molecular weight excluding hydrogens is 228 g/mol. The molecule has 10 nitrogen and oxygen atoms in total. The summed E-state index contributed by atoms with van der Waals surface area (Å²) in [4.78, 5) is 38.2. The van der Waals surface area contributed by atoms with Crippen LogP contribution in [0, 0.1) is 20.2 Å². The van der Waals surface area contributed by atoms with Crippen LogP contribution in [-0.4, -0.2) is 35.5 Å². The minimum Gasteiger partial charge on any atom is -0.455 e. The van der Waals surface area contributed by atoms with Gasteiger partial charge in [0.05, 0.1) is 0 Å². The average Bonchev–Trinajstić information content (AvgIpc) is 2.21. The van der Waals surface area contributed by atoms with Gasteiger partial charge in [0.15, 0.2) is 0 Å². The first kappa shape index (κ1) is 13.6. The topological polar surface area (TPSA) is 131 Å². The standard InChI is InChI=1S/C6H8N2O8/c1-2-6(9)16-5(3-14-7(10)11)4-15-8(12)13/h2,5H,1,3-4H2. The summed E-state index contributed by atoms with van der Waals surface area (Å²) in [6.45, 7) is 1.75. The minimum absolute atomic E-state index is 0.666. The number of carbonyl (C=O) groups excluding carboxylic acids is 1. The highest BCUT2D eigenvalue weighted by Crippen LogP contribution is 1.97. The van der Waals surface area contributed by atoms with Crippen LogP contribution in [0.15, 0.2) is 12.7 Å². The molecule has 0 unspecified atom stereocenters. The van der Waals surface area contributed by atoms with Crippen LogP contribution in [0.25, 0.3) is 0 Å². The van der Waals surface area contributed by atoms with Gasteiger partial charge in [0.2, 0.25) is 0 Å². The van der Waals surface area contributed by atoms with E-state index in [0.717, 1.165) is 6.08 Å². The molecule has 0 saturated carbocycles. The van der Waals surface area contributed by atoms with Crippen molar-refractivity contribution in [2.75, 3.05) is 13.2 Å². The van der Waals surface area contributed by atoms with E-state index in [2.05, 4.69) is 21.0 Å². The zero-order valence-corrected chi connectivity index (χ0v) is 7.94. The van der Waals surface area contributed by atoms with E-state index in [-0.39, 0.29) is 0 Å². The van der Waals surface area contributed by atoms with E-state index in [1.807, 2.05) is 0 Å². The first-order valence-corrected chi connectivity index (χ1v) is 3.83. The second-order valence-electron chi connectivity index (χ2n) is 2.30. The Labute approximate surface area is 88.6 Å². The van der Waals surface area contributed by atoms with Crippen LogP contribution < -0.4 is 0 Å². The van der Waals surface area contributed by atoms with Gasteiger partial charge in [0.1, 0.15) is 19.3 Å². The van der Waals surface area contributed by atoms with Crippen molar-refractivity contribution in [3.8, 4) is 0 Å². The molecule has 0 N–H and O–H groups in total. The van der Waals surface area contributed by atoms with E-state index in [9.17, 15) is 25.0 Å². The van der Waals surface area contributed by atoms with Crippen molar-refractivity contribution >= 4 is 5.97 Å². The third-order valence-electron chi connectivity index (χ3n) is 1.18. The zero-order chi connectivity index (χ0) is 12.6. The summed E-state index contributed by atoms with van der Waals surface area (Å²) < 4.78 is 4.48. The van der Waals surface area contributed by atoms with Gasteiger partial charge < -0.3 is 14.4 Å². The summed E-state index contributed by atoms with van der Waals surface area (Å²) >= 11 is 0. The molecular formula is C6H8N2O8. The summed E-state index contributed by atoms with van der Waals surface area (Å²) in [6.07, 6.45) is -0.466. The van der Waals surface area contributed by atoms with Crippen LogP contribution in [0.2, 0.25) is 0 Å². The summed E-state index contributed by atoms with van der Waals surface area (Å²) in [5, 5.41) is 17.4. The predicted molar refractivity (Wildman–Crippen MR) is 46.0 cm³/mol. The lowest BCUT2D eigenvalue weighted by molar-refractivity contribution is -0.768. The molecule has 10 heteroatoms. The zero-order valence-electron chi connectivity index (χ0n) is 7.94. The van der Waals surface area contributed by atoms with Crippen LogP contribution in [0.3, 0.4) is 0 Å². The largest absolute Gasteiger partial charge is 0.455 e. The third-order valence-corrected chi connectivity index (χ3v) is 1.18. The van der Waals surface area contributed by atoms with Crippen molar-refractivity contribution in [3.63, 3.8) is 0 Å². The molecule has 0 fully saturated rings. The maximum Gasteiger partial charge on any atom is 0.330 e. The molecule has 0 atom stereocenters.